The zero-order chi connectivity index (χ0) is 16.2. The third-order valence-electron chi connectivity index (χ3n) is 3.23. The zero-order valence-electron chi connectivity index (χ0n) is 12.0. The maximum atomic E-state index is 12.1. The van der Waals surface area contributed by atoms with Crippen LogP contribution in [0.3, 0.4) is 0 Å². The molecule has 0 spiro atoms. The van der Waals surface area contributed by atoms with Gasteiger partial charge >= 0.3 is 0 Å². The van der Waals surface area contributed by atoms with Crippen LogP contribution in [0.5, 0.6) is 0 Å². The summed E-state index contributed by atoms with van der Waals surface area (Å²) >= 11 is 13.7. The molecule has 23 heavy (non-hydrogen) atoms. The molecule has 1 amide bonds. The number of nitrogens with one attached hydrogen (secondary N) is 1. The van der Waals surface area contributed by atoms with E-state index in [1.54, 1.807) is 40.4 Å². The highest BCUT2D eigenvalue weighted by Gasteiger charge is 2.10. The average Bonchev–Trinajstić information content (AvgIpc) is 3.14. The highest BCUT2D eigenvalue weighted by Crippen LogP contribution is 2.22. The third-order valence-corrected chi connectivity index (χ3v) is 4.70. The van der Waals surface area contributed by atoms with Gasteiger partial charge in [0.05, 0.1) is 19.2 Å². The van der Waals surface area contributed by atoms with Crippen molar-refractivity contribution in [2.24, 2.45) is 0 Å². The number of hydrogen-bond acceptors (Lipinski definition) is 3. The Balaban J connectivity index is 1.70. The molecule has 3 rings (SSSR count). The lowest BCUT2D eigenvalue weighted by Crippen LogP contribution is -2.17. The number of carbonyl (C=O) groups excluding carboxylic acids is 1. The number of carbonyl (C=O) groups is 1. The van der Waals surface area contributed by atoms with Crippen molar-refractivity contribution in [3.8, 4) is 0 Å². The van der Waals surface area contributed by atoms with Gasteiger partial charge in [0.1, 0.15) is 5.82 Å². The average molecular weight is 366 g/mol. The van der Waals surface area contributed by atoms with Crippen LogP contribution >= 0.6 is 34.5 Å². The second-order valence-electron chi connectivity index (χ2n) is 4.91. The summed E-state index contributed by atoms with van der Waals surface area (Å²) in [6, 6.07) is 11.0. The second kappa shape index (κ2) is 7.17. The van der Waals surface area contributed by atoms with Crippen molar-refractivity contribution < 1.29 is 4.79 Å². The fourth-order valence-corrected chi connectivity index (χ4v) is 3.31. The summed E-state index contributed by atoms with van der Waals surface area (Å²) in [7, 11) is 0. The fourth-order valence-electron chi connectivity index (χ4n) is 2.13. The zero-order valence-corrected chi connectivity index (χ0v) is 14.3. The van der Waals surface area contributed by atoms with Crippen molar-refractivity contribution in [1.29, 1.82) is 0 Å². The van der Waals surface area contributed by atoms with Gasteiger partial charge in [-0.05, 0) is 29.1 Å². The number of anilines is 1. The van der Waals surface area contributed by atoms with Crippen LogP contribution in [0.25, 0.3) is 0 Å². The number of aromatic nitrogens is 2. The number of amides is 1. The largest absolute Gasteiger partial charge is 0.311 e. The number of thiophene rings is 1. The summed E-state index contributed by atoms with van der Waals surface area (Å²) in [4.78, 5) is 13.1. The quantitative estimate of drug-likeness (QED) is 0.724. The first-order valence-corrected chi connectivity index (χ1v) is 8.53. The van der Waals surface area contributed by atoms with Crippen LogP contribution in [0, 0.1) is 0 Å². The monoisotopic (exact) mass is 365 g/mol. The van der Waals surface area contributed by atoms with Gasteiger partial charge < -0.3 is 5.32 Å². The highest BCUT2D eigenvalue weighted by atomic mass is 35.5. The molecule has 0 aliphatic rings. The van der Waals surface area contributed by atoms with Crippen molar-refractivity contribution in [3.63, 3.8) is 0 Å². The number of nitrogens with zero attached hydrogens (tertiary/aromatic N) is 2. The first kappa shape index (κ1) is 16.1. The summed E-state index contributed by atoms with van der Waals surface area (Å²) in [6.45, 7) is 0.456. The SMILES string of the molecule is O=C(Cc1cccs1)Nc1ccnn1Cc1ccc(Cl)cc1Cl. The minimum absolute atomic E-state index is 0.0728. The molecule has 4 nitrogen and oxygen atoms in total. The molecule has 0 atom stereocenters. The van der Waals surface area contributed by atoms with Gasteiger partial charge in [0.25, 0.3) is 0 Å². The molecule has 0 unspecified atom stereocenters. The molecule has 7 heteroatoms. The Labute approximate surface area is 147 Å². The number of hydrogen-bond donors (Lipinski definition) is 1. The first-order valence-electron chi connectivity index (χ1n) is 6.90. The molecule has 1 aromatic carbocycles. The summed E-state index contributed by atoms with van der Waals surface area (Å²) in [5.74, 6) is 0.564. The van der Waals surface area contributed by atoms with Crippen molar-refractivity contribution in [3.05, 3.63) is 68.5 Å². The summed E-state index contributed by atoms with van der Waals surface area (Å²) in [6.07, 6.45) is 2.00. The molecule has 1 N–H and O–H groups in total. The van der Waals surface area contributed by atoms with E-state index in [0.717, 1.165) is 10.4 Å². The molecule has 0 bridgehead atoms. The van der Waals surface area contributed by atoms with Gasteiger partial charge in [0.2, 0.25) is 5.91 Å². The molecule has 0 radical (unpaired) electrons. The van der Waals surface area contributed by atoms with E-state index in [1.165, 1.54) is 0 Å². The molecule has 118 valence electrons. The van der Waals surface area contributed by atoms with E-state index in [-0.39, 0.29) is 5.91 Å². The van der Waals surface area contributed by atoms with Crippen LogP contribution in [0.15, 0.2) is 48.0 Å². The van der Waals surface area contributed by atoms with E-state index in [9.17, 15) is 4.79 Å². The molecule has 0 saturated heterocycles. The second-order valence-corrected chi connectivity index (χ2v) is 6.79. The van der Waals surface area contributed by atoms with Crippen LogP contribution in [0.2, 0.25) is 10.0 Å². The normalized spacial score (nSPS) is 10.7. The van der Waals surface area contributed by atoms with E-state index < -0.39 is 0 Å². The van der Waals surface area contributed by atoms with Gasteiger partial charge in [0.15, 0.2) is 0 Å². The Morgan fingerprint density at radius 1 is 1.26 bits per heavy atom. The van der Waals surface area contributed by atoms with E-state index in [0.29, 0.717) is 28.8 Å². The van der Waals surface area contributed by atoms with Crippen molar-refractivity contribution in [1.82, 2.24) is 9.78 Å². The molecule has 2 heterocycles. The molecular formula is C16H13Cl2N3OS. The summed E-state index contributed by atoms with van der Waals surface area (Å²) in [5.41, 5.74) is 0.883. The summed E-state index contributed by atoms with van der Waals surface area (Å²) < 4.78 is 1.70. The maximum absolute atomic E-state index is 12.1. The van der Waals surface area contributed by atoms with Gasteiger partial charge in [-0.1, -0.05) is 35.3 Å². The fraction of sp³-hybridized carbons (Fsp3) is 0.125. The van der Waals surface area contributed by atoms with Crippen LogP contribution in [-0.4, -0.2) is 15.7 Å². The van der Waals surface area contributed by atoms with E-state index in [4.69, 9.17) is 23.2 Å². The Kier molecular flexibility index (Phi) is 5.00. The first-order chi connectivity index (χ1) is 11.1. The van der Waals surface area contributed by atoms with Gasteiger partial charge in [-0.15, -0.1) is 11.3 Å². The predicted octanol–water partition coefficient (Wildman–Crippen LogP) is 4.48. The highest BCUT2D eigenvalue weighted by molar-refractivity contribution is 7.10. The minimum Gasteiger partial charge on any atom is -0.311 e. The molecular weight excluding hydrogens is 353 g/mol. The van der Waals surface area contributed by atoms with Crippen LogP contribution in [-0.2, 0) is 17.8 Å². The minimum atomic E-state index is -0.0728. The molecule has 0 saturated carbocycles. The van der Waals surface area contributed by atoms with Gasteiger partial charge in [-0.3, -0.25) is 4.79 Å². The van der Waals surface area contributed by atoms with Gasteiger partial charge in [0, 0.05) is 21.0 Å². The van der Waals surface area contributed by atoms with Gasteiger partial charge in [-0.2, -0.15) is 5.10 Å². The lowest BCUT2D eigenvalue weighted by atomic mass is 10.2. The summed E-state index contributed by atoms with van der Waals surface area (Å²) in [5, 5.41) is 10.2. The van der Waals surface area contributed by atoms with Crippen LogP contribution < -0.4 is 5.32 Å². The molecule has 0 fully saturated rings. The maximum Gasteiger partial charge on any atom is 0.230 e. The Morgan fingerprint density at radius 3 is 2.87 bits per heavy atom. The Bertz CT molecular complexity index is 815. The molecule has 3 aromatic rings. The molecule has 0 aliphatic heterocycles. The van der Waals surface area contributed by atoms with E-state index in [1.807, 2.05) is 23.6 Å². The number of benzene rings is 1. The lowest BCUT2D eigenvalue weighted by Gasteiger charge is -2.10. The van der Waals surface area contributed by atoms with E-state index >= 15 is 0 Å². The molecule has 2 aromatic heterocycles. The van der Waals surface area contributed by atoms with Crippen molar-refractivity contribution in [2.75, 3.05) is 5.32 Å². The standard InChI is InChI=1S/C16H13Cl2N3OS/c17-12-4-3-11(14(18)8-12)10-21-15(5-6-19-21)20-16(22)9-13-2-1-7-23-13/h1-8H,9-10H2,(H,20,22). The Hall–Kier alpha value is -1.82. The molecule has 0 aliphatic carbocycles. The van der Waals surface area contributed by atoms with Crippen molar-refractivity contribution in [2.45, 2.75) is 13.0 Å². The third kappa shape index (κ3) is 4.13. The number of halogens is 2. The topological polar surface area (TPSA) is 46.9 Å². The van der Waals surface area contributed by atoms with Crippen LogP contribution in [0.1, 0.15) is 10.4 Å². The van der Waals surface area contributed by atoms with Crippen LogP contribution in [0.4, 0.5) is 5.82 Å². The van der Waals surface area contributed by atoms with Gasteiger partial charge in [-0.25, -0.2) is 4.68 Å². The van der Waals surface area contributed by atoms with Crippen molar-refractivity contribution >= 4 is 46.3 Å². The smallest absolute Gasteiger partial charge is 0.230 e. The number of rotatable bonds is 5. The predicted molar refractivity (Wildman–Crippen MR) is 94.4 cm³/mol. The lowest BCUT2D eigenvalue weighted by molar-refractivity contribution is -0.115. The Morgan fingerprint density at radius 2 is 2.13 bits per heavy atom. The van der Waals surface area contributed by atoms with E-state index in [2.05, 4.69) is 10.4 Å².